The van der Waals surface area contributed by atoms with Gasteiger partial charge >= 0.3 is 11.9 Å². The maximum atomic E-state index is 11.4. The molecule has 0 saturated heterocycles. The molecule has 0 aliphatic heterocycles. The largest absolute Gasteiger partial charge is 0.478 e. The molecule has 5 heteroatoms. The highest BCUT2D eigenvalue weighted by Gasteiger charge is 2.27. The van der Waals surface area contributed by atoms with Gasteiger partial charge in [0.25, 0.3) is 0 Å². The maximum absolute atomic E-state index is 11.4. The lowest BCUT2D eigenvalue weighted by Crippen LogP contribution is -2.07. The molecule has 0 amide bonds. The first-order chi connectivity index (χ1) is 9.36. The molecule has 1 aromatic heterocycles. The van der Waals surface area contributed by atoms with Gasteiger partial charge in [-0.05, 0) is 32.4 Å². The predicted octanol–water partition coefficient (Wildman–Crippen LogP) is 2.80. The number of carboxylic acid groups (broad SMARTS) is 2. The minimum absolute atomic E-state index is 0.154. The number of benzene rings is 1. The first kappa shape index (κ1) is 13.9. The Kier molecular flexibility index (Phi) is 3.36. The van der Waals surface area contributed by atoms with Crippen molar-refractivity contribution < 1.29 is 19.8 Å². The van der Waals surface area contributed by atoms with E-state index in [9.17, 15) is 19.8 Å². The molecule has 0 saturated carbocycles. The third kappa shape index (κ3) is 1.97. The number of aromatic carboxylic acids is 2. The second-order valence-corrected chi connectivity index (χ2v) is 4.65. The summed E-state index contributed by atoms with van der Waals surface area (Å²) in [5.74, 6) is -2.45. The molecular formula is C15H15NO4. The van der Waals surface area contributed by atoms with Gasteiger partial charge in [0, 0.05) is 17.1 Å². The molecule has 0 unspecified atom stereocenters. The summed E-state index contributed by atoms with van der Waals surface area (Å²) in [6.07, 6.45) is 0. The Labute approximate surface area is 116 Å². The van der Waals surface area contributed by atoms with Crippen LogP contribution in [0.3, 0.4) is 0 Å². The topological polar surface area (TPSA) is 79.5 Å². The number of rotatable bonds is 3. The van der Waals surface area contributed by atoms with Gasteiger partial charge in [-0.25, -0.2) is 9.59 Å². The second-order valence-electron chi connectivity index (χ2n) is 4.65. The van der Waals surface area contributed by atoms with E-state index in [0.717, 1.165) is 11.3 Å². The van der Waals surface area contributed by atoms with Gasteiger partial charge in [0.1, 0.15) is 0 Å². The molecule has 0 aliphatic rings. The first-order valence-electron chi connectivity index (χ1n) is 6.10. The fraction of sp³-hybridized carbons (Fsp3) is 0.200. The van der Waals surface area contributed by atoms with Crippen molar-refractivity contribution >= 4 is 11.9 Å². The summed E-state index contributed by atoms with van der Waals surface area (Å²) >= 11 is 0. The lowest BCUT2D eigenvalue weighted by molar-refractivity contribution is 0.0651. The normalized spacial score (nSPS) is 10.6. The third-order valence-corrected chi connectivity index (χ3v) is 3.43. The van der Waals surface area contributed by atoms with Crippen LogP contribution >= 0.6 is 0 Å². The molecule has 5 nitrogen and oxygen atoms in total. The molecule has 0 aliphatic carbocycles. The van der Waals surface area contributed by atoms with Crippen LogP contribution in [0.4, 0.5) is 0 Å². The van der Waals surface area contributed by atoms with Crippen LogP contribution in [0, 0.1) is 20.8 Å². The Bertz CT molecular complexity index is 675. The van der Waals surface area contributed by atoms with E-state index in [2.05, 4.69) is 0 Å². The van der Waals surface area contributed by atoms with Crippen LogP contribution < -0.4 is 0 Å². The average Bonchev–Trinajstić information content (AvgIpc) is 2.62. The van der Waals surface area contributed by atoms with E-state index in [-0.39, 0.29) is 11.1 Å². The summed E-state index contributed by atoms with van der Waals surface area (Å²) < 4.78 is 1.68. The Morgan fingerprint density at radius 2 is 1.35 bits per heavy atom. The molecule has 0 atom stereocenters. The molecule has 0 fully saturated rings. The van der Waals surface area contributed by atoms with Crippen LogP contribution in [0.15, 0.2) is 24.3 Å². The van der Waals surface area contributed by atoms with Gasteiger partial charge in [-0.3, -0.25) is 0 Å². The SMILES string of the molecule is Cc1ccccc1-n1c(C)c(C(=O)O)c(C(=O)O)c1C. The number of nitrogens with zero attached hydrogens (tertiary/aromatic N) is 1. The van der Waals surface area contributed by atoms with Crippen LogP contribution in [0.2, 0.25) is 0 Å². The van der Waals surface area contributed by atoms with Crippen LogP contribution in [0.1, 0.15) is 37.7 Å². The van der Waals surface area contributed by atoms with E-state index in [1.807, 2.05) is 31.2 Å². The zero-order chi connectivity index (χ0) is 15.0. The molecule has 2 aromatic rings. The van der Waals surface area contributed by atoms with E-state index >= 15 is 0 Å². The molecule has 0 radical (unpaired) electrons. The Morgan fingerprint density at radius 1 is 0.900 bits per heavy atom. The summed E-state index contributed by atoms with van der Waals surface area (Å²) in [5.41, 5.74) is 2.26. The van der Waals surface area contributed by atoms with Crippen LogP contribution in [0.25, 0.3) is 5.69 Å². The molecule has 104 valence electrons. The monoisotopic (exact) mass is 273 g/mol. The van der Waals surface area contributed by atoms with Crippen LogP contribution in [0.5, 0.6) is 0 Å². The fourth-order valence-electron chi connectivity index (χ4n) is 2.54. The molecule has 1 heterocycles. The van der Waals surface area contributed by atoms with E-state index in [4.69, 9.17) is 0 Å². The van der Waals surface area contributed by atoms with E-state index in [0.29, 0.717) is 11.4 Å². The molecule has 0 bridgehead atoms. The number of aromatic nitrogens is 1. The van der Waals surface area contributed by atoms with Crippen molar-refractivity contribution in [3.63, 3.8) is 0 Å². The van der Waals surface area contributed by atoms with Crippen LogP contribution in [-0.2, 0) is 0 Å². The van der Waals surface area contributed by atoms with Gasteiger partial charge in [-0.2, -0.15) is 0 Å². The zero-order valence-electron chi connectivity index (χ0n) is 11.5. The molecule has 0 spiro atoms. The number of carbonyl (C=O) groups is 2. The van der Waals surface area contributed by atoms with E-state index in [1.54, 1.807) is 18.4 Å². The number of carboxylic acids is 2. The standard InChI is InChI=1S/C15H15NO4/c1-8-6-4-5-7-11(8)16-9(2)12(14(17)18)13(10(16)3)15(19)20/h4-7H,1-3H3,(H,17,18)(H,19,20). The molecule has 20 heavy (non-hydrogen) atoms. The smallest absolute Gasteiger partial charge is 0.338 e. The minimum atomic E-state index is -1.23. The lowest BCUT2D eigenvalue weighted by atomic mass is 10.1. The predicted molar refractivity (Wildman–Crippen MR) is 73.9 cm³/mol. The summed E-state index contributed by atoms with van der Waals surface area (Å²) in [7, 11) is 0. The minimum Gasteiger partial charge on any atom is -0.478 e. The highest BCUT2D eigenvalue weighted by atomic mass is 16.4. The second kappa shape index (κ2) is 4.85. The summed E-state index contributed by atoms with van der Waals surface area (Å²) in [6.45, 7) is 5.14. The van der Waals surface area contributed by atoms with Gasteiger partial charge in [0.05, 0.1) is 11.1 Å². The van der Waals surface area contributed by atoms with Gasteiger partial charge in [-0.15, -0.1) is 0 Å². The van der Waals surface area contributed by atoms with Crippen molar-refractivity contribution in [3.05, 3.63) is 52.3 Å². The molecule has 2 rings (SSSR count). The van der Waals surface area contributed by atoms with E-state index in [1.165, 1.54) is 0 Å². The number of hydrogen-bond donors (Lipinski definition) is 2. The Morgan fingerprint density at radius 3 is 1.75 bits per heavy atom. The number of hydrogen-bond acceptors (Lipinski definition) is 2. The summed E-state index contributed by atoms with van der Waals surface area (Å²) in [4.78, 5) is 22.7. The third-order valence-electron chi connectivity index (χ3n) is 3.43. The van der Waals surface area contributed by atoms with Gasteiger partial charge in [0.15, 0.2) is 0 Å². The van der Waals surface area contributed by atoms with Gasteiger partial charge < -0.3 is 14.8 Å². The van der Waals surface area contributed by atoms with Crippen molar-refractivity contribution in [2.45, 2.75) is 20.8 Å². The van der Waals surface area contributed by atoms with Crippen LogP contribution in [-0.4, -0.2) is 26.7 Å². The maximum Gasteiger partial charge on any atom is 0.338 e. The lowest BCUT2D eigenvalue weighted by Gasteiger charge is -2.12. The Balaban J connectivity index is 2.86. The van der Waals surface area contributed by atoms with Crippen molar-refractivity contribution in [2.75, 3.05) is 0 Å². The molecule has 1 aromatic carbocycles. The van der Waals surface area contributed by atoms with Crippen molar-refractivity contribution in [2.24, 2.45) is 0 Å². The number of aryl methyl sites for hydroxylation is 1. The summed E-state index contributed by atoms with van der Waals surface area (Å²) in [6, 6.07) is 7.45. The Hall–Kier alpha value is -2.56. The average molecular weight is 273 g/mol. The highest BCUT2D eigenvalue weighted by Crippen LogP contribution is 2.27. The molecule has 2 N–H and O–H groups in total. The number of para-hydroxylation sites is 1. The first-order valence-corrected chi connectivity index (χ1v) is 6.10. The zero-order valence-corrected chi connectivity index (χ0v) is 11.5. The van der Waals surface area contributed by atoms with Crippen molar-refractivity contribution in [3.8, 4) is 5.69 Å². The molecular weight excluding hydrogens is 258 g/mol. The van der Waals surface area contributed by atoms with Crippen molar-refractivity contribution in [1.29, 1.82) is 0 Å². The van der Waals surface area contributed by atoms with E-state index < -0.39 is 11.9 Å². The fourth-order valence-corrected chi connectivity index (χ4v) is 2.54. The van der Waals surface area contributed by atoms with Crippen molar-refractivity contribution in [1.82, 2.24) is 4.57 Å². The highest BCUT2D eigenvalue weighted by molar-refractivity contribution is 6.04. The van der Waals surface area contributed by atoms with Gasteiger partial charge in [0.2, 0.25) is 0 Å². The quantitative estimate of drug-likeness (QED) is 0.901. The summed E-state index contributed by atoms with van der Waals surface area (Å²) in [5, 5.41) is 18.5. The van der Waals surface area contributed by atoms with Gasteiger partial charge in [-0.1, -0.05) is 18.2 Å².